The number of ether oxygens (including phenoxy) is 2. The zero-order chi connectivity index (χ0) is 17.7. The second-order valence-electron chi connectivity index (χ2n) is 6.98. The fraction of sp³-hybridized carbons (Fsp3) is 0.429. The fourth-order valence-electron chi connectivity index (χ4n) is 3.52. The molecular weight excluding hydrogens is 314 g/mol. The molecule has 0 aromatic heterocycles. The highest BCUT2D eigenvalue weighted by atomic mass is 16.5. The van der Waals surface area contributed by atoms with Gasteiger partial charge in [0.15, 0.2) is 0 Å². The smallest absolute Gasteiger partial charge is 0.122 e. The second kappa shape index (κ2) is 7.89. The van der Waals surface area contributed by atoms with Gasteiger partial charge in [-0.05, 0) is 48.4 Å². The van der Waals surface area contributed by atoms with Crippen LogP contribution in [0.3, 0.4) is 0 Å². The van der Waals surface area contributed by atoms with Crippen LogP contribution in [-0.2, 0) is 6.42 Å². The number of nitrogens with two attached hydrogens (primary N) is 1. The lowest BCUT2D eigenvalue weighted by atomic mass is 9.93. The van der Waals surface area contributed by atoms with Crippen molar-refractivity contribution in [1.82, 2.24) is 0 Å². The Labute approximate surface area is 149 Å². The molecule has 1 aliphatic carbocycles. The summed E-state index contributed by atoms with van der Waals surface area (Å²) in [4.78, 5) is 0. The normalized spacial score (nSPS) is 22.8. The quantitative estimate of drug-likeness (QED) is 0.811. The summed E-state index contributed by atoms with van der Waals surface area (Å²) in [5.74, 6) is 2.08. The molecule has 1 aliphatic rings. The Morgan fingerprint density at radius 2 is 1.92 bits per heavy atom. The highest BCUT2D eigenvalue weighted by molar-refractivity contribution is 5.33. The number of rotatable bonds is 7. The molecule has 0 heterocycles. The van der Waals surface area contributed by atoms with Gasteiger partial charge in [0.1, 0.15) is 11.5 Å². The van der Waals surface area contributed by atoms with Gasteiger partial charge in [-0.25, -0.2) is 0 Å². The van der Waals surface area contributed by atoms with E-state index in [0.717, 1.165) is 37.2 Å². The summed E-state index contributed by atoms with van der Waals surface area (Å²) in [5, 5.41) is 9.41. The summed E-state index contributed by atoms with van der Waals surface area (Å²) in [6.07, 6.45) is 3.67. The Hall–Kier alpha value is -2.04. The molecule has 0 radical (unpaired) electrons. The lowest BCUT2D eigenvalue weighted by Crippen LogP contribution is -2.40. The summed E-state index contributed by atoms with van der Waals surface area (Å²) < 4.78 is 11.0. The number of hydrogen-bond acceptors (Lipinski definition) is 4. The van der Waals surface area contributed by atoms with Gasteiger partial charge in [0.2, 0.25) is 0 Å². The molecule has 2 atom stereocenters. The van der Waals surface area contributed by atoms with Crippen LogP contribution in [0.15, 0.2) is 48.5 Å². The van der Waals surface area contributed by atoms with Gasteiger partial charge in [0, 0.05) is 18.0 Å². The SMILES string of the molecule is COc1cccc(OCCc2ccc([C@@H]3CC[C@](N)(CO)C3)cc2)c1. The average molecular weight is 341 g/mol. The van der Waals surface area contributed by atoms with Gasteiger partial charge in [-0.1, -0.05) is 30.3 Å². The van der Waals surface area contributed by atoms with Gasteiger partial charge < -0.3 is 20.3 Å². The molecule has 25 heavy (non-hydrogen) atoms. The van der Waals surface area contributed by atoms with Gasteiger partial charge in [0.05, 0.1) is 20.3 Å². The Bertz CT molecular complexity index is 686. The second-order valence-corrected chi connectivity index (χ2v) is 6.98. The summed E-state index contributed by atoms with van der Waals surface area (Å²) in [7, 11) is 1.65. The molecule has 2 aromatic rings. The van der Waals surface area contributed by atoms with Crippen LogP contribution in [0.5, 0.6) is 11.5 Å². The molecule has 2 aromatic carbocycles. The first-order valence-corrected chi connectivity index (χ1v) is 8.87. The Kier molecular flexibility index (Phi) is 5.61. The van der Waals surface area contributed by atoms with E-state index in [2.05, 4.69) is 24.3 Å². The Morgan fingerprint density at radius 1 is 1.16 bits per heavy atom. The van der Waals surface area contributed by atoms with Gasteiger partial charge in [-0.15, -0.1) is 0 Å². The molecular formula is C21H27NO3. The van der Waals surface area contributed by atoms with Crippen LogP contribution in [0.25, 0.3) is 0 Å². The van der Waals surface area contributed by atoms with Crippen molar-refractivity contribution in [3.8, 4) is 11.5 Å². The molecule has 0 spiro atoms. The maximum Gasteiger partial charge on any atom is 0.122 e. The van der Waals surface area contributed by atoms with Crippen molar-refractivity contribution in [2.75, 3.05) is 20.3 Å². The van der Waals surface area contributed by atoms with Gasteiger partial charge >= 0.3 is 0 Å². The van der Waals surface area contributed by atoms with E-state index in [9.17, 15) is 5.11 Å². The van der Waals surface area contributed by atoms with Crippen LogP contribution >= 0.6 is 0 Å². The summed E-state index contributed by atoms with van der Waals surface area (Å²) in [6.45, 7) is 0.704. The standard InChI is InChI=1S/C21H27NO3/c1-24-19-3-2-4-20(13-19)25-12-10-16-5-7-17(8-6-16)18-9-11-21(22,14-18)15-23/h2-8,13,18,23H,9-12,14-15,22H2,1H3/t18-,21-/m1/s1. The van der Waals surface area contributed by atoms with Gasteiger partial charge in [-0.3, -0.25) is 0 Å². The van der Waals surface area contributed by atoms with Crippen LogP contribution < -0.4 is 15.2 Å². The maximum atomic E-state index is 9.41. The van der Waals surface area contributed by atoms with Crippen LogP contribution in [-0.4, -0.2) is 31.0 Å². The number of hydrogen-bond donors (Lipinski definition) is 2. The minimum atomic E-state index is -0.395. The molecule has 0 saturated heterocycles. The van der Waals surface area contributed by atoms with E-state index in [0.29, 0.717) is 12.5 Å². The van der Waals surface area contributed by atoms with Crippen LogP contribution in [0, 0.1) is 0 Å². The molecule has 0 bridgehead atoms. The van der Waals surface area contributed by atoms with Crippen molar-refractivity contribution in [2.45, 2.75) is 37.1 Å². The monoisotopic (exact) mass is 341 g/mol. The predicted molar refractivity (Wildman–Crippen MR) is 99.2 cm³/mol. The molecule has 3 N–H and O–H groups in total. The number of aliphatic hydroxyl groups is 1. The molecule has 3 rings (SSSR count). The highest BCUT2D eigenvalue weighted by Crippen LogP contribution is 2.39. The minimum absolute atomic E-state index is 0.0726. The van der Waals surface area contributed by atoms with E-state index < -0.39 is 5.54 Å². The molecule has 4 heteroatoms. The van der Waals surface area contributed by atoms with E-state index in [-0.39, 0.29) is 6.61 Å². The van der Waals surface area contributed by atoms with Gasteiger partial charge in [0.25, 0.3) is 0 Å². The fourth-order valence-corrected chi connectivity index (χ4v) is 3.52. The number of benzene rings is 2. The Morgan fingerprint density at radius 3 is 2.60 bits per heavy atom. The van der Waals surface area contributed by atoms with E-state index >= 15 is 0 Å². The topological polar surface area (TPSA) is 64.7 Å². The van der Waals surface area contributed by atoms with E-state index in [4.69, 9.17) is 15.2 Å². The number of aliphatic hydroxyl groups excluding tert-OH is 1. The zero-order valence-electron chi connectivity index (χ0n) is 14.8. The number of methoxy groups -OCH3 is 1. The third-order valence-corrected chi connectivity index (χ3v) is 5.11. The lowest BCUT2D eigenvalue weighted by molar-refractivity contribution is 0.198. The first-order chi connectivity index (χ1) is 12.1. The van der Waals surface area contributed by atoms with Crippen LogP contribution in [0.4, 0.5) is 0 Å². The Balaban J connectivity index is 1.51. The predicted octanol–water partition coefficient (Wildman–Crippen LogP) is 3.27. The van der Waals surface area contributed by atoms with Crippen molar-refractivity contribution in [2.24, 2.45) is 5.73 Å². The summed E-state index contributed by atoms with van der Waals surface area (Å²) in [5.41, 5.74) is 8.36. The zero-order valence-corrected chi connectivity index (χ0v) is 14.8. The minimum Gasteiger partial charge on any atom is -0.497 e. The van der Waals surface area contributed by atoms with Crippen LogP contribution in [0.2, 0.25) is 0 Å². The first-order valence-electron chi connectivity index (χ1n) is 8.87. The molecule has 0 aliphatic heterocycles. The highest BCUT2D eigenvalue weighted by Gasteiger charge is 2.35. The van der Waals surface area contributed by atoms with E-state index in [1.807, 2.05) is 24.3 Å². The van der Waals surface area contributed by atoms with Crippen molar-refractivity contribution in [3.63, 3.8) is 0 Å². The first kappa shape index (κ1) is 17.8. The third kappa shape index (κ3) is 4.53. The average Bonchev–Trinajstić information content (AvgIpc) is 3.05. The third-order valence-electron chi connectivity index (χ3n) is 5.11. The lowest BCUT2D eigenvalue weighted by Gasteiger charge is -2.21. The molecule has 1 saturated carbocycles. The molecule has 1 fully saturated rings. The molecule has 4 nitrogen and oxygen atoms in total. The van der Waals surface area contributed by atoms with Crippen LogP contribution in [0.1, 0.15) is 36.3 Å². The van der Waals surface area contributed by atoms with Crippen molar-refractivity contribution in [1.29, 1.82) is 0 Å². The van der Waals surface area contributed by atoms with Crippen molar-refractivity contribution in [3.05, 3.63) is 59.7 Å². The summed E-state index contributed by atoms with van der Waals surface area (Å²) >= 11 is 0. The molecule has 0 unspecified atom stereocenters. The maximum absolute atomic E-state index is 9.41. The van der Waals surface area contributed by atoms with Crippen molar-refractivity contribution < 1.29 is 14.6 Å². The molecule has 134 valence electrons. The van der Waals surface area contributed by atoms with Crippen molar-refractivity contribution >= 4 is 0 Å². The molecule has 0 amide bonds. The van der Waals surface area contributed by atoms with E-state index in [1.54, 1.807) is 7.11 Å². The largest absolute Gasteiger partial charge is 0.497 e. The van der Waals surface area contributed by atoms with Gasteiger partial charge in [-0.2, -0.15) is 0 Å². The summed E-state index contributed by atoms with van der Waals surface area (Å²) in [6, 6.07) is 16.4. The van der Waals surface area contributed by atoms with E-state index in [1.165, 1.54) is 11.1 Å².